The third kappa shape index (κ3) is 5.10. The number of halogens is 1. The van der Waals surface area contributed by atoms with Gasteiger partial charge in [-0.05, 0) is 42.3 Å². The predicted molar refractivity (Wildman–Crippen MR) is 123 cm³/mol. The number of hydrogen-bond donors (Lipinski definition) is 1. The Balaban J connectivity index is 1.43. The van der Waals surface area contributed by atoms with Crippen molar-refractivity contribution < 1.29 is 14.3 Å². The fourth-order valence-corrected chi connectivity index (χ4v) is 4.17. The smallest absolute Gasteiger partial charge is 0.344 e. The Kier molecular flexibility index (Phi) is 6.92. The number of nitrogens with zero attached hydrogens (tertiary/aromatic N) is 2. The molecule has 0 bridgehead atoms. The van der Waals surface area contributed by atoms with E-state index in [9.17, 15) is 4.79 Å². The second kappa shape index (κ2) is 9.83. The van der Waals surface area contributed by atoms with Gasteiger partial charge in [-0.1, -0.05) is 23.7 Å². The molecule has 3 aromatic rings. The molecule has 0 radical (unpaired) electrons. The van der Waals surface area contributed by atoms with Gasteiger partial charge in [-0.2, -0.15) is 0 Å². The minimum atomic E-state index is -0.370. The van der Waals surface area contributed by atoms with Crippen LogP contribution in [0.15, 0.2) is 51.7 Å². The van der Waals surface area contributed by atoms with Gasteiger partial charge in [0.2, 0.25) is 0 Å². The molecule has 1 aromatic heterocycles. The molecule has 1 saturated heterocycles. The lowest BCUT2D eigenvalue weighted by Crippen LogP contribution is -2.48. The Morgan fingerprint density at radius 2 is 1.71 bits per heavy atom. The molecular weight excluding hydrogens is 416 g/mol. The summed E-state index contributed by atoms with van der Waals surface area (Å²) in [7, 11) is 0. The van der Waals surface area contributed by atoms with Crippen LogP contribution < -0.4 is 10.4 Å². The van der Waals surface area contributed by atoms with Gasteiger partial charge in [-0.3, -0.25) is 9.80 Å². The third-order valence-corrected chi connectivity index (χ3v) is 6.08. The van der Waals surface area contributed by atoms with E-state index in [1.54, 1.807) is 18.2 Å². The Morgan fingerprint density at radius 3 is 2.39 bits per heavy atom. The van der Waals surface area contributed by atoms with Crippen LogP contribution in [0.5, 0.6) is 5.75 Å². The van der Waals surface area contributed by atoms with Gasteiger partial charge < -0.3 is 14.3 Å². The van der Waals surface area contributed by atoms with Crippen molar-refractivity contribution in [1.29, 1.82) is 0 Å². The van der Waals surface area contributed by atoms with Gasteiger partial charge >= 0.3 is 5.63 Å². The predicted octanol–water partition coefficient (Wildman–Crippen LogP) is 3.41. The van der Waals surface area contributed by atoms with Gasteiger partial charge in [0.15, 0.2) is 0 Å². The van der Waals surface area contributed by atoms with E-state index < -0.39 is 0 Å². The lowest BCUT2D eigenvalue weighted by atomic mass is 10.00. The first-order chi connectivity index (χ1) is 15.0. The van der Waals surface area contributed by atoms with Crippen molar-refractivity contribution in [3.63, 3.8) is 0 Å². The summed E-state index contributed by atoms with van der Waals surface area (Å²) in [6.45, 7) is 8.17. The summed E-state index contributed by atoms with van der Waals surface area (Å²) < 4.78 is 11.6. The average Bonchev–Trinajstić information content (AvgIpc) is 2.76. The number of aliphatic hydroxyl groups excluding tert-OH is 1. The molecule has 0 aliphatic carbocycles. The van der Waals surface area contributed by atoms with Crippen LogP contribution in [0.3, 0.4) is 0 Å². The molecule has 0 amide bonds. The maximum absolute atomic E-state index is 12.7. The summed E-state index contributed by atoms with van der Waals surface area (Å²) in [5.74, 6) is 0.688. The van der Waals surface area contributed by atoms with Crippen LogP contribution in [0.2, 0.25) is 5.02 Å². The van der Waals surface area contributed by atoms with Crippen LogP contribution in [0.25, 0.3) is 22.1 Å². The summed E-state index contributed by atoms with van der Waals surface area (Å²) in [5, 5.41) is 10.5. The maximum Gasteiger partial charge on any atom is 0.344 e. The molecule has 2 heterocycles. The van der Waals surface area contributed by atoms with E-state index in [4.69, 9.17) is 25.9 Å². The first-order valence-electron chi connectivity index (χ1n) is 10.6. The maximum atomic E-state index is 12.7. The Hall–Kier alpha value is -2.38. The fourth-order valence-electron chi connectivity index (χ4n) is 4.05. The number of rotatable bonds is 7. The van der Waals surface area contributed by atoms with E-state index in [-0.39, 0.29) is 12.2 Å². The highest BCUT2D eigenvalue weighted by atomic mass is 35.5. The molecule has 0 unspecified atom stereocenters. The second-order valence-electron chi connectivity index (χ2n) is 7.81. The van der Waals surface area contributed by atoms with Crippen LogP contribution in [-0.4, -0.2) is 67.4 Å². The Labute approximate surface area is 186 Å². The lowest BCUT2D eigenvalue weighted by Gasteiger charge is -2.34. The van der Waals surface area contributed by atoms with Crippen molar-refractivity contribution in [3.8, 4) is 16.9 Å². The Morgan fingerprint density at radius 1 is 1.03 bits per heavy atom. The summed E-state index contributed by atoms with van der Waals surface area (Å²) in [6.07, 6.45) is 0. The normalized spacial score (nSPS) is 15.5. The molecule has 31 heavy (non-hydrogen) atoms. The molecule has 1 N–H and O–H groups in total. The number of hydrogen-bond acceptors (Lipinski definition) is 6. The van der Waals surface area contributed by atoms with Crippen LogP contribution in [0.1, 0.15) is 5.56 Å². The largest absolute Gasteiger partial charge is 0.492 e. The minimum Gasteiger partial charge on any atom is -0.492 e. The zero-order chi connectivity index (χ0) is 21.8. The Bertz CT molecular complexity index is 1090. The van der Waals surface area contributed by atoms with Crippen molar-refractivity contribution in [3.05, 3.63) is 63.5 Å². The molecule has 4 rings (SSSR count). The number of fused-ring (bicyclic) bond motifs is 1. The molecule has 1 aliphatic rings. The highest BCUT2D eigenvalue weighted by Crippen LogP contribution is 2.29. The quantitative estimate of drug-likeness (QED) is 0.566. The SMILES string of the molecule is Cc1c(-c2ccc(Cl)cc2)c(=O)oc2cc(OCCN3CCN(CCO)CC3)ccc12. The summed E-state index contributed by atoms with van der Waals surface area (Å²) in [6, 6.07) is 12.8. The molecule has 0 atom stereocenters. The molecular formula is C24H27ClN2O4. The highest BCUT2D eigenvalue weighted by molar-refractivity contribution is 6.30. The monoisotopic (exact) mass is 442 g/mol. The average molecular weight is 443 g/mol. The van der Waals surface area contributed by atoms with Crippen molar-refractivity contribution in [2.45, 2.75) is 6.92 Å². The molecule has 7 heteroatoms. The molecule has 1 fully saturated rings. The highest BCUT2D eigenvalue weighted by Gasteiger charge is 2.17. The third-order valence-electron chi connectivity index (χ3n) is 5.83. The molecule has 6 nitrogen and oxygen atoms in total. The molecule has 1 aliphatic heterocycles. The van der Waals surface area contributed by atoms with E-state index in [0.29, 0.717) is 28.5 Å². The van der Waals surface area contributed by atoms with E-state index >= 15 is 0 Å². The number of piperazine rings is 1. The van der Waals surface area contributed by atoms with Crippen molar-refractivity contribution in [1.82, 2.24) is 9.80 Å². The lowest BCUT2D eigenvalue weighted by molar-refractivity contribution is 0.102. The number of benzene rings is 2. The fraction of sp³-hybridized carbons (Fsp3) is 0.375. The van der Waals surface area contributed by atoms with Gasteiger partial charge in [0, 0.05) is 55.7 Å². The molecule has 2 aromatic carbocycles. The number of aryl methyl sites for hydroxylation is 1. The van der Waals surface area contributed by atoms with E-state index in [0.717, 1.165) is 55.8 Å². The van der Waals surface area contributed by atoms with Crippen LogP contribution in [0.4, 0.5) is 0 Å². The van der Waals surface area contributed by atoms with Gasteiger partial charge in [0.05, 0.1) is 12.2 Å². The van der Waals surface area contributed by atoms with Gasteiger partial charge in [0.1, 0.15) is 17.9 Å². The van der Waals surface area contributed by atoms with Crippen molar-refractivity contribution in [2.24, 2.45) is 0 Å². The summed E-state index contributed by atoms with van der Waals surface area (Å²) in [5.41, 5.74) is 2.37. The van der Waals surface area contributed by atoms with E-state index in [1.807, 2.05) is 31.2 Å². The second-order valence-corrected chi connectivity index (χ2v) is 8.25. The number of ether oxygens (including phenoxy) is 1. The standard InChI is InChI=1S/C24H27ClN2O4/c1-17-21-7-6-20(30-15-13-27-10-8-26(9-11-27)12-14-28)16-22(21)31-24(29)23(17)18-2-4-19(25)5-3-18/h2-7,16,28H,8-15H2,1H3. The van der Waals surface area contributed by atoms with E-state index in [1.165, 1.54) is 0 Å². The minimum absolute atomic E-state index is 0.210. The van der Waals surface area contributed by atoms with Crippen LogP contribution in [0, 0.1) is 6.92 Å². The van der Waals surface area contributed by atoms with Crippen LogP contribution >= 0.6 is 11.6 Å². The summed E-state index contributed by atoms with van der Waals surface area (Å²) in [4.78, 5) is 17.3. The summed E-state index contributed by atoms with van der Waals surface area (Å²) >= 11 is 5.97. The van der Waals surface area contributed by atoms with Gasteiger partial charge in [0.25, 0.3) is 0 Å². The van der Waals surface area contributed by atoms with Crippen LogP contribution in [-0.2, 0) is 0 Å². The topological polar surface area (TPSA) is 66.2 Å². The van der Waals surface area contributed by atoms with Gasteiger partial charge in [-0.25, -0.2) is 4.79 Å². The van der Waals surface area contributed by atoms with E-state index in [2.05, 4.69) is 9.80 Å². The van der Waals surface area contributed by atoms with Gasteiger partial charge in [-0.15, -0.1) is 0 Å². The molecule has 0 spiro atoms. The van der Waals surface area contributed by atoms with Crippen molar-refractivity contribution >= 4 is 22.6 Å². The van der Waals surface area contributed by atoms with Crippen molar-refractivity contribution in [2.75, 3.05) is 52.5 Å². The number of aliphatic hydroxyl groups is 1. The first kappa shape index (κ1) is 21.8. The molecule has 164 valence electrons. The number of β-amino-alcohol motifs (C(OH)–C–C–N with tert-alkyl or cyclic N) is 1. The zero-order valence-corrected chi connectivity index (χ0v) is 18.4. The first-order valence-corrected chi connectivity index (χ1v) is 10.9. The zero-order valence-electron chi connectivity index (χ0n) is 17.6. The molecule has 0 saturated carbocycles.